The van der Waals surface area contributed by atoms with Crippen LogP contribution in [0.2, 0.25) is 14.8 Å². The fourth-order valence-electron chi connectivity index (χ4n) is 2.88. The van der Waals surface area contributed by atoms with E-state index in [1.54, 1.807) is 12.5 Å². The molecule has 1 amide bonds. The SMILES string of the molecule is C[C@H](c1cc[c]([Sn]([CH3])([CH3])[CH3])cc1)n1cncc1C(=O)N1CCC1. The van der Waals surface area contributed by atoms with E-state index >= 15 is 0 Å². The predicted molar refractivity (Wildman–Crippen MR) is 96.0 cm³/mol. The fourth-order valence-corrected chi connectivity index (χ4v) is 6.21. The van der Waals surface area contributed by atoms with Gasteiger partial charge in [-0.25, -0.2) is 0 Å². The summed E-state index contributed by atoms with van der Waals surface area (Å²) in [6, 6.07) is 9.08. The van der Waals surface area contributed by atoms with Crippen LogP contribution in [-0.2, 0) is 0 Å². The molecule has 0 saturated carbocycles. The number of hydrogen-bond acceptors (Lipinski definition) is 2. The number of amides is 1. The second-order valence-electron chi connectivity index (χ2n) is 7.38. The molecule has 1 aromatic heterocycles. The topological polar surface area (TPSA) is 38.1 Å². The van der Waals surface area contributed by atoms with Gasteiger partial charge in [-0.2, -0.15) is 0 Å². The Morgan fingerprint density at radius 1 is 1.17 bits per heavy atom. The van der Waals surface area contributed by atoms with E-state index in [1.165, 1.54) is 9.14 Å². The first-order chi connectivity index (χ1) is 10.9. The molecule has 122 valence electrons. The van der Waals surface area contributed by atoms with Crippen LogP contribution >= 0.6 is 0 Å². The van der Waals surface area contributed by atoms with Gasteiger partial charge in [0.05, 0.1) is 0 Å². The maximum atomic E-state index is 12.5. The second kappa shape index (κ2) is 6.30. The summed E-state index contributed by atoms with van der Waals surface area (Å²) in [6.45, 7) is 3.86. The Morgan fingerprint density at radius 2 is 1.83 bits per heavy atom. The standard InChI is InChI=1S/C15H16N3O.3CH3.Sn/c1-12(13-6-3-2-4-7-13)18-11-16-10-14(18)15(19)17-8-5-9-17;;;;/h3-4,6-7,10-12H,5,8-9H2,1H3;3*1H3;/t12-;;;;/m1..../s1. The number of likely N-dealkylation sites (tertiary alicyclic amines) is 1. The summed E-state index contributed by atoms with van der Waals surface area (Å²) in [5.74, 6) is 0.100. The van der Waals surface area contributed by atoms with Crippen molar-refractivity contribution >= 4 is 27.9 Å². The number of aromatic nitrogens is 2. The third-order valence-electron chi connectivity index (χ3n) is 4.70. The van der Waals surface area contributed by atoms with Crippen LogP contribution in [-0.4, -0.2) is 51.8 Å². The first-order valence-corrected chi connectivity index (χ1v) is 18.3. The van der Waals surface area contributed by atoms with Crippen LogP contribution in [0.1, 0.15) is 35.4 Å². The quantitative estimate of drug-likeness (QED) is 0.717. The summed E-state index contributed by atoms with van der Waals surface area (Å²) in [5.41, 5.74) is 1.91. The summed E-state index contributed by atoms with van der Waals surface area (Å²) >= 11 is -2.01. The van der Waals surface area contributed by atoms with Crippen LogP contribution in [0.25, 0.3) is 0 Å². The summed E-state index contributed by atoms with van der Waals surface area (Å²) in [6.07, 6.45) is 4.57. The normalized spacial score (nSPS) is 16.1. The molecular formula is C18H25N3OSn. The summed E-state index contributed by atoms with van der Waals surface area (Å²) in [4.78, 5) is 25.9. The van der Waals surface area contributed by atoms with Crippen molar-refractivity contribution in [3.63, 3.8) is 0 Å². The Bertz CT molecular complexity index is 696. The van der Waals surface area contributed by atoms with Crippen LogP contribution < -0.4 is 3.58 Å². The molecular weight excluding hydrogens is 393 g/mol. The van der Waals surface area contributed by atoms with Gasteiger partial charge in [-0.15, -0.1) is 0 Å². The molecule has 0 aliphatic carbocycles. The van der Waals surface area contributed by atoms with Gasteiger partial charge in [-0.3, -0.25) is 0 Å². The average molecular weight is 418 g/mol. The van der Waals surface area contributed by atoms with Gasteiger partial charge in [0.25, 0.3) is 0 Å². The van der Waals surface area contributed by atoms with E-state index in [4.69, 9.17) is 0 Å². The molecule has 4 nitrogen and oxygen atoms in total. The first kappa shape index (κ1) is 16.6. The van der Waals surface area contributed by atoms with Crippen molar-refractivity contribution in [1.29, 1.82) is 0 Å². The van der Waals surface area contributed by atoms with Crippen molar-refractivity contribution in [2.45, 2.75) is 34.2 Å². The summed E-state index contributed by atoms with van der Waals surface area (Å²) in [7, 11) is 0. The Morgan fingerprint density at radius 3 is 2.35 bits per heavy atom. The van der Waals surface area contributed by atoms with Gasteiger partial charge in [0.15, 0.2) is 0 Å². The third-order valence-corrected chi connectivity index (χ3v) is 10.6. The van der Waals surface area contributed by atoms with E-state index < -0.39 is 18.4 Å². The van der Waals surface area contributed by atoms with Gasteiger partial charge in [0.2, 0.25) is 0 Å². The zero-order valence-corrected chi connectivity index (χ0v) is 17.3. The molecule has 0 radical (unpaired) electrons. The average Bonchev–Trinajstić information content (AvgIpc) is 2.93. The molecule has 1 aromatic carbocycles. The molecule has 1 aliphatic heterocycles. The number of benzene rings is 1. The van der Waals surface area contributed by atoms with Crippen LogP contribution in [0.3, 0.4) is 0 Å². The molecule has 1 atom stereocenters. The Balaban J connectivity index is 1.85. The maximum absolute atomic E-state index is 12.5. The molecule has 0 bridgehead atoms. The Kier molecular flexibility index (Phi) is 4.54. The minimum atomic E-state index is -2.01. The number of hydrogen-bond donors (Lipinski definition) is 0. The molecule has 2 heterocycles. The van der Waals surface area contributed by atoms with E-state index in [1.807, 2.05) is 9.47 Å². The van der Waals surface area contributed by atoms with Crippen LogP contribution in [0.4, 0.5) is 0 Å². The molecule has 3 rings (SSSR count). The molecule has 0 unspecified atom stereocenters. The van der Waals surface area contributed by atoms with Crippen molar-refractivity contribution in [2.75, 3.05) is 13.1 Å². The van der Waals surface area contributed by atoms with Crippen LogP contribution in [0.15, 0.2) is 36.8 Å². The molecule has 23 heavy (non-hydrogen) atoms. The zero-order valence-electron chi connectivity index (χ0n) is 14.4. The minimum absolute atomic E-state index is 0.100. The number of nitrogens with zero attached hydrogens (tertiary/aromatic N) is 3. The van der Waals surface area contributed by atoms with E-state index in [-0.39, 0.29) is 11.9 Å². The molecule has 0 N–H and O–H groups in total. The van der Waals surface area contributed by atoms with Gasteiger partial charge in [0.1, 0.15) is 0 Å². The second-order valence-corrected chi connectivity index (χ2v) is 21.9. The Hall–Kier alpha value is -1.30. The Labute approximate surface area is 142 Å². The summed E-state index contributed by atoms with van der Waals surface area (Å²) < 4.78 is 3.52. The van der Waals surface area contributed by atoms with Gasteiger partial charge < -0.3 is 0 Å². The first-order valence-electron chi connectivity index (χ1n) is 8.29. The number of carbonyl (C=O) groups excluding carboxylic acids is 1. The summed E-state index contributed by atoms with van der Waals surface area (Å²) in [5, 5.41) is 0. The number of carbonyl (C=O) groups is 1. The zero-order chi connectivity index (χ0) is 16.6. The van der Waals surface area contributed by atoms with E-state index in [0.29, 0.717) is 5.69 Å². The van der Waals surface area contributed by atoms with Gasteiger partial charge in [0, 0.05) is 0 Å². The van der Waals surface area contributed by atoms with E-state index in [2.05, 4.69) is 51.0 Å². The van der Waals surface area contributed by atoms with E-state index in [9.17, 15) is 4.79 Å². The molecule has 2 aromatic rings. The monoisotopic (exact) mass is 419 g/mol. The van der Waals surface area contributed by atoms with Crippen LogP contribution in [0.5, 0.6) is 0 Å². The molecule has 1 aliphatic rings. The molecule has 5 heteroatoms. The fraction of sp³-hybridized carbons (Fsp3) is 0.444. The molecule has 0 spiro atoms. The van der Waals surface area contributed by atoms with Crippen molar-refractivity contribution in [3.05, 3.63) is 48.0 Å². The van der Waals surface area contributed by atoms with Crippen molar-refractivity contribution < 1.29 is 4.79 Å². The van der Waals surface area contributed by atoms with Crippen LogP contribution in [0, 0.1) is 0 Å². The van der Waals surface area contributed by atoms with Crippen molar-refractivity contribution in [3.8, 4) is 0 Å². The van der Waals surface area contributed by atoms with Crippen molar-refractivity contribution in [2.24, 2.45) is 0 Å². The molecule has 1 fully saturated rings. The molecule has 1 saturated heterocycles. The third kappa shape index (κ3) is 3.32. The number of imidazole rings is 1. The van der Waals surface area contributed by atoms with E-state index in [0.717, 1.165) is 19.5 Å². The van der Waals surface area contributed by atoms with Crippen molar-refractivity contribution in [1.82, 2.24) is 14.5 Å². The van der Waals surface area contributed by atoms with Gasteiger partial charge >= 0.3 is 142 Å². The number of rotatable bonds is 4. The van der Waals surface area contributed by atoms with Gasteiger partial charge in [-0.1, -0.05) is 0 Å². The predicted octanol–water partition coefficient (Wildman–Crippen LogP) is 2.88. The van der Waals surface area contributed by atoms with Gasteiger partial charge in [-0.05, 0) is 0 Å².